The van der Waals surface area contributed by atoms with E-state index in [1.54, 1.807) is 6.07 Å². The minimum Gasteiger partial charge on any atom is -0.294 e. The molecule has 4 aliphatic carbocycles. The van der Waals surface area contributed by atoms with Gasteiger partial charge < -0.3 is 0 Å². The number of rotatable bonds is 4. The lowest BCUT2D eigenvalue weighted by molar-refractivity contribution is -0.136. The lowest BCUT2D eigenvalue weighted by Crippen LogP contribution is -2.64. The lowest BCUT2D eigenvalue weighted by atomic mass is 9.41. The summed E-state index contributed by atoms with van der Waals surface area (Å²) < 4.78 is 0. The minimum absolute atomic E-state index is 0.396. The quantitative estimate of drug-likeness (QED) is 0.146. The highest BCUT2D eigenvalue weighted by molar-refractivity contribution is 6.22. The smallest absolute Gasteiger partial charge is 0.261 e. The molecule has 6 heteroatoms. The van der Waals surface area contributed by atoms with Crippen LogP contribution in [0.15, 0.2) is 170 Å². The van der Waals surface area contributed by atoms with Crippen molar-refractivity contribution >= 4 is 45.2 Å². The zero-order valence-corrected chi connectivity index (χ0v) is 30.4. The van der Waals surface area contributed by atoms with E-state index < -0.39 is 51.8 Å². The maximum atomic E-state index is 16.9. The van der Waals surface area contributed by atoms with E-state index >= 15 is 9.59 Å². The normalized spacial score (nSPS) is 24.1. The van der Waals surface area contributed by atoms with Crippen molar-refractivity contribution in [3.63, 3.8) is 0 Å². The predicted molar refractivity (Wildman–Crippen MR) is 215 cm³/mol. The van der Waals surface area contributed by atoms with E-state index in [2.05, 4.69) is 5.32 Å². The SMILES string of the molecule is C[C@@H](c1cccc2ccccc12)N(C(=O)c1cccc2ccccc12)C(=O)C12c3ccccc3C3(C(=O)NC(=O)[C@]34C=CC1c1ccccc14)c1ccccc12. The first kappa shape index (κ1) is 32.5. The van der Waals surface area contributed by atoms with Crippen LogP contribution in [0.4, 0.5) is 0 Å². The number of nitrogens with one attached hydrogen (secondary N) is 1. The van der Waals surface area contributed by atoms with Gasteiger partial charge in [0.1, 0.15) is 16.2 Å². The Bertz CT molecular complexity index is 2890. The number of hydrogen-bond donors (Lipinski definition) is 1. The molecule has 3 atom stereocenters. The van der Waals surface area contributed by atoms with Crippen LogP contribution in [0.1, 0.15) is 68.2 Å². The molecule has 1 fully saturated rings. The van der Waals surface area contributed by atoms with Gasteiger partial charge in [-0.2, -0.15) is 0 Å². The van der Waals surface area contributed by atoms with Crippen LogP contribution in [0.2, 0.25) is 0 Å². The van der Waals surface area contributed by atoms with E-state index in [-0.39, 0.29) is 0 Å². The molecule has 56 heavy (non-hydrogen) atoms. The molecule has 12 rings (SSSR count). The molecular formula is C50H34N2O4. The molecule has 1 saturated heterocycles. The summed E-state index contributed by atoms with van der Waals surface area (Å²) in [4.78, 5) is 63.6. The maximum Gasteiger partial charge on any atom is 0.261 e. The average molecular weight is 727 g/mol. The summed E-state index contributed by atoms with van der Waals surface area (Å²) in [5.74, 6) is -2.31. The van der Waals surface area contributed by atoms with Gasteiger partial charge in [0.05, 0.1) is 6.04 Å². The lowest BCUT2D eigenvalue weighted by Gasteiger charge is -2.58. The number of carbonyl (C=O) groups is 4. The Balaban J connectivity index is 1.27. The van der Waals surface area contributed by atoms with Gasteiger partial charge in [0.15, 0.2) is 0 Å². The Morgan fingerprint density at radius 1 is 0.589 bits per heavy atom. The van der Waals surface area contributed by atoms with Crippen molar-refractivity contribution in [2.24, 2.45) is 0 Å². The Labute approximate surface area is 323 Å². The van der Waals surface area contributed by atoms with Gasteiger partial charge in [0, 0.05) is 11.5 Å². The second-order valence-corrected chi connectivity index (χ2v) is 15.4. The molecular weight excluding hydrogens is 693 g/mol. The number of imide groups is 2. The zero-order valence-electron chi connectivity index (χ0n) is 30.4. The summed E-state index contributed by atoms with van der Waals surface area (Å²) in [6.45, 7) is 1.93. The van der Waals surface area contributed by atoms with Crippen LogP contribution in [0, 0.1) is 0 Å². The summed E-state index contributed by atoms with van der Waals surface area (Å²) in [6, 6.07) is 49.5. The number of amides is 4. The Hall–Kier alpha value is -6.92. The van der Waals surface area contributed by atoms with E-state index in [9.17, 15) is 9.59 Å². The first-order valence-corrected chi connectivity index (χ1v) is 19.0. The van der Waals surface area contributed by atoms with Gasteiger partial charge >= 0.3 is 0 Å². The maximum absolute atomic E-state index is 16.9. The van der Waals surface area contributed by atoms with Gasteiger partial charge in [0.25, 0.3) is 5.91 Å². The van der Waals surface area contributed by atoms with Crippen molar-refractivity contribution in [3.8, 4) is 0 Å². The number of hydrogen-bond acceptors (Lipinski definition) is 4. The van der Waals surface area contributed by atoms with E-state index in [1.807, 2.05) is 171 Å². The van der Waals surface area contributed by atoms with E-state index in [1.165, 1.54) is 4.90 Å². The molecule has 7 aromatic carbocycles. The highest BCUT2D eigenvalue weighted by Crippen LogP contribution is 2.69. The van der Waals surface area contributed by atoms with Crippen molar-refractivity contribution in [2.75, 3.05) is 0 Å². The van der Waals surface area contributed by atoms with Crippen LogP contribution in [-0.2, 0) is 30.6 Å². The summed E-state index contributed by atoms with van der Waals surface area (Å²) in [7, 11) is 0. The molecule has 0 radical (unpaired) electrons. The van der Waals surface area contributed by atoms with Gasteiger partial charge in [-0.1, -0.05) is 164 Å². The second kappa shape index (κ2) is 11.3. The van der Waals surface area contributed by atoms with Crippen molar-refractivity contribution < 1.29 is 19.2 Å². The van der Waals surface area contributed by atoms with Crippen molar-refractivity contribution in [1.29, 1.82) is 0 Å². The predicted octanol–water partition coefficient (Wildman–Crippen LogP) is 8.57. The average Bonchev–Trinajstić information content (AvgIpc) is 3.44. The molecule has 1 N–H and O–H groups in total. The second-order valence-electron chi connectivity index (χ2n) is 15.4. The monoisotopic (exact) mass is 726 g/mol. The first-order valence-electron chi connectivity index (χ1n) is 19.0. The first-order chi connectivity index (χ1) is 27.4. The number of nitrogens with zero attached hydrogens (tertiary/aromatic N) is 1. The summed E-state index contributed by atoms with van der Waals surface area (Å²) in [5, 5.41) is 6.35. The molecule has 268 valence electrons. The third-order valence-corrected chi connectivity index (χ3v) is 13.2. The topological polar surface area (TPSA) is 83.6 Å². The Kier molecular flexibility index (Phi) is 6.56. The highest BCUT2D eigenvalue weighted by atomic mass is 16.2. The molecule has 4 amide bonds. The molecule has 6 nitrogen and oxygen atoms in total. The fourth-order valence-corrected chi connectivity index (χ4v) is 11.0. The molecule has 4 bridgehead atoms. The molecule has 5 aliphatic rings. The van der Waals surface area contributed by atoms with Gasteiger partial charge in [0.2, 0.25) is 17.7 Å². The van der Waals surface area contributed by atoms with Gasteiger partial charge in [-0.25, -0.2) is 0 Å². The van der Waals surface area contributed by atoms with Crippen LogP contribution >= 0.6 is 0 Å². The summed E-state index contributed by atoms with van der Waals surface area (Å²) in [5.41, 5.74) is 0.651. The van der Waals surface area contributed by atoms with Gasteiger partial charge in [-0.05, 0) is 73.5 Å². The number of allylic oxidation sites excluding steroid dienone is 1. The summed E-state index contributed by atoms with van der Waals surface area (Å²) >= 11 is 0. The molecule has 0 aromatic heterocycles. The van der Waals surface area contributed by atoms with Crippen LogP contribution in [-0.4, -0.2) is 28.5 Å². The standard InChI is InChI=1S/C50H34N2O4/c1-30(33-21-12-16-31-14-2-4-18-34(31)33)52(44(53)36-22-13-17-32-15-3-5-19-35(32)36)47(56)49-39-28-29-48(38-23-7-6-20-37(38)39)45(54)51-46(55)50(48,42-26-10-8-24-40(42)49)43-27-11-9-25-41(43)49/h2-30,39H,1H3,(H,51,54,55)/t30-,39?,48+,49?,50?/m0/s1. The van der Waals surface area contributed by atoms with E-state index in [0.717, 1.165) is 32.7 Å². The third kappa shape index (κ3) is 3.67. The number of benzene rings is 7. The molecule has 0 saturated carbocycles. The number of carbonyl (C=O) groups excluding carboxylic acids is 4. The fourth-order valence-electron chi connectivity index (χ4n) is 11.0. The number of fused-ring (bicyclic) bond motifs is 2. The van der Waals surface area contributed by atoms with E-state index in [0.29, 0.717) is 33.4 Å². The third-order valence-electron chi connectivity index (χ3n) is 13.2. The van der Waals surface area contributed by atoms with Gasteiger partial charge in [-0.3, -0.25) is 29.4 Å². The van der Waals surface area contributed by atoms with Gasteiger partial charge in [-0.15, -0.1) is 0 Å². The molecule has 1 heterocycles. The van der Waals surface area contributed by atoms with Crippen LogP contribution in [0.25, 0.3) is 21.5 Å². The zero-order chi connectivity index (χ0) is 38.0. The van der Waals surface area contributed by atoms with Crippen LogP contribution in [0.3, 0.4) is 0 Å². The Morgan fingerprint density at radius 2 is 1.12 bits per heavy atom. The van der Waals surface area contributed by atoms with Crippen LogP contribution in [0.5, 0.6) is 0 Å². The molecule has 1 aliphatic heterocycles. The Morgan fingerprint density at radius 3 is 1.82 bits per heavy atom. The van der Waals surface area contributed by atoms with Crippen molar-refractivity contribution in [3.05, 3.63) is 214 Å². The molecule has 1 unspecified atom stereocenters. The summed E-state index contributed by atoms with van der Waals surface area (Å²) in [6.07, 6.45) is 3.83. The molecule has 7 aromatic rings. The van der Waals surface area contributed by atoms with E-state index in [4.69, 9.17) is 0 Å². The largest absolute Gasteiger partial charge is 0.294 e. The fraction of sp³-hybridized carbons (Fsp3) is 0.120. The molecule has 2 spiro atoms. The van der Waals surface area contributed by atoms with Crippen molar-refractivity contribution in [2.45, 2.75) is 35.1 Å². The highest BCUT2D eigenvalue weighted by Gasteiger charge is 2.76. The van der Waals surface area contributed by atoms with Crippen molar-refractivity contribution in [1.82, 2.24) is 10.2 Å². The minimum atomic E-state index is -1.54. The van der Waals surface area contributed by atoms with Crippen LogP contribution < -0.4 is 5.32 Å².